The van der Waals surface area contributed by atoms with Gasteiger partial charge in [-0.2, -0.15) is 0 Å². The molecule has 1 heterocycles. The number of piperazine rings is 1. The lowest BCUT2D eigenvalue weighted by Crippen LogP contribution is -2.51. The van der Waals surface area contributed by atoms with E-state index in [-0.39, 0.29) is 5.91 Å². The van der Waals surface area contributed by atoms with E-state index in [2.05, 4.69) is 25.4 Å². The van der Waals surface area contributed by atoms with Crippen LogP contribution in [0.25, 0.3) is 0 Å². The second kappa shape index (κ2) is 5.51. The summed E-state index contributed by atoms with van der Waals surface area (Å²) in [5.74, 6) is 0.0400. The zero-order chi connectivity index (χ0) is 11.3. The van der Waals surface area contributed by atoms with Gasteiger partial charge in [-0.1, -0.05) is 31.4 Å². The van der Waals surface area contributed by atoms with Crippen LogP contribution in [0.1, 0.15) is 6.92 Å². The van der Waals surface area contributed by atoms with Gasteiger partial charge in [0.05, 0.1) is 0 Å². The summed E-state index contributed by atoms with van der Waals surface area (Å²) < 4.78 is 0. The third-order valence-corrected chi connectivity index (χ3v) is 2.42. The van der Waals surface area contributed by atoms with Gasteiger partial charge in [0.2, 0.25) is 0 Å². The van der Waals surface area contributed by atoms with E-state index in [1.165, 1.54) is 0 Å². The Bertz CT molecular complexity index is 294. The molecule has 3 heteroatoms. The van der Waals surface area contributed by atoms with Gasteiger partial charge in [-0.05, 0) is 6.92 Å². The van der Waals surface area contributed by atoms with Crippen LogP contribution in [0.3, 0.4) is 0 Å². The van der Waals surface area contributed by atoms with Crippen LogP contribution >= 0.6 is 0 Å². The van der Waals surface area contributed by atoms with E-state index in [9.17, 15) is 4.79 Å². The first-order chi connectivity index (χ1) is 7.19. The molecule has 0 spiro atoms. The van der Waals surface area contributed by atoms with Crippen molar-refractivity contribution in [1.29, 1.82) is 0 Å². The summed E-state index contributed by atoms with van der Waals surface area (Å²) in [6.07, 6.45) is 4.89. The Balaban J connectivity index is 2.69. The van der Waals surface area contributed by atoms with Gasteiger partial charge < -0.3 is 10.2 Å². The van der Waals surface area contributed by atoms with Crippen molar-refractivity contribution in [3.05, 3.63) is 37.0 Å². The highest BCUT2D eigenvalue weighted by atomic mass is 16.2. The predicted octanol–water partition coefficient (Wildman–Crippen LogP) is 1.11. The molecule has 1 aliphatic heterocycles. The minimum Gasteiger partial charge on any atom is -0.336 e. The monoisotopic (exact) mass is 206 g/mol. The van der Waals surface area contributed by atoms with Gasteiger partial charge in [0.1, 0.15) is 0 Å². The number of carbonyl (C=O) groups excluding carboxylic acids is 1. The van der Waals surface area contributed by atoms with E-state index in [1.54, 1.807) is 18.2 Å². The van der Waals surface area contributed by atoms with Gasteiger partial charge in [0.15, 0.2) is 0 Å². The van der Waals surface area contributed by atoms with Gasteiger partial charge in [0.25, 0.3) is 5.91 Å². The molecule has 0 radical (unpaired) electrons. The van der Waals surface area contributed by atoms with E-state index in [0.717, 1.165) is 19.6 Å². The molecule has 15 heavy (non-hydrogen) atoms. The summed E-state index contributed by atoms with van der Waals surface area (Å²) in [7, 11) is 0. The van der Waals surface area contributed by atoms with Crippen LogP contribution in [0, 0.1) is 0 Å². The number of amides is 1. The number of rotatable bonds is 3. The summed E-state index contributed by atoms with van der Waals surface area (Å²) >= 11 is 0. The number of allylic oxidation sites excluding steroid dienone is 2. The normalized spacial score (nSPS) is 22.3. The topological polar surface area (TPSA) is 32.3 Å². The van der Waals surface area contributed by atoms with Gasteiger partial charge in [-0.3, -0.25) is 4.79 Å². The quantitative estimate of drug-likeness (QED) is 0.554. The Morgan fingerprint density at radius 2 is 2.27 bits per heavy atom. The maximum absolute atomic E-state index is 12.0. The first kappa shape index (κ1) is 11.7. The van der Waals surface area contributed by atoms with E-state index in [0.29, 0.717) is 11.6 Å². The minimum absolute atomic E-state index is 0.0400. The largest absolute Gasteiger partial charge is 0.336 e. The van der Waals surface area contributed by atoms with E-state index < -0.39 is 0 Å². The number of hydrogen-bond acceptors (Lipinski definition) is 2. The highest BCUT2D eigenvalue weighted by Gasteiger charge is 2.21. The molecule has 1 unspecified atom stereocenters. The number of hydrogen-bond donors (Lipinski definition) is 1. The third-order valence-electron chi connectivity index (χ3n) is 2.42. The van der Waals surface area contributed by atoms with Gasteiger partial charge in [-0.25, -0.2) is 0 Å². The van der Waals surface area contributed by atoms with E-state index in [4.69, 9.17) is 0 Å². The van der Waals surface area contributed by atoms with Crippen LogP contribution in [0.2, 0.25) is 0 Å². The Hall–Kier alpha value is -1.35. The lowest BCUT2D eigenvalue weighted by Gasteiger charge is -2.32. The average Bonchev–Trinajstić information content (AvgIpc) is 2.25. The smallest absolute Gasteiger partial charge is 0.253 e. The van der Waals surface area contributed by atoms with E-state index >= 15 is 0 Å². The van der Waals surface area contributed by atoms with Crippen molar-refractivity contribution >= 4 is 5.91 Å². The van der Waals surface area contributed by atoms with E-state index in [1.807, 2.05) is 4.90 Å². The molecular weight excluding hydrogens is 188 g/mol. The van der Waals surface area contributed by atoms with Crippen LogP contribution in [-0.4, -0.2) is 36.5 Å². The van der Waals surface area contributed by atoms with Crippen molar-refractivity contribution in [1.82, 2.24) is 10.2 Å². The molecule has 0 aromatic carbocycles. The third kappa shape index (κ3) is 3.06. The van der Waals surface area contributed by atoms with Crippen LogP contribution < -0.4 is 5.32 Å². The number of nitrogens with zero attached hydrogens (tertiary/aromatic N) is 1. The molecule has 1 amide bonds. The van der Waals surface area contributed by atoms with Crippen molar-refractivity contribution < 1.29 is 4.79 Å². The van der Waals surface area contributed by atoms with Gasteiger partial charge in [-0.15, -0.1) is 0 Å². The molecule has 82 valence electrons. The minimum atomic E-state index is 0.0400. The summed E-state index contributed by atoms with van der Waals surface area (Å²) in [5.41, 5.74) is 0.610. The predicted molar refractivity (Wildman–Crippen MR) is 62.5 cm³/mol. The highest BCUT2D eigenvalue weighted by molar-refractivity contribution is 5.96. The molecule has 0 bridgehead atoms. The maximum atomic E-state index is 12.0. The summed E-state index contributed by atoms with van der Waals surface area (Å²) in [4.78, 5) is 13.8. The van der Waals surface area contributed by atoms with Gasteiger partial charge >= 0.3 is 0 Å². The molecule has 3 nitrogen and oxygen atoms in total. The summed E-state index contributed by atoms with van der Waals surface area (Å²) in [6.45, 7) is 11.7. The van der Waals surface area contributed by atoms with Crippen molar-refractivity contribution in [2.24, 2.45) is 0 Å². The molecule has 1 rings (SSSR count). The molecule has 0 saturated carbocycles. The van der Waals surface area contributed by atoms with Crippen LogP contribution in [0.5, 0.6) is 0 Å². The fourth-order valence-electron chi connectivity index (χ4n) is 1.65. The first-order valence-electron chi connectivity index (χ1n) is 5.17. The van der Waals surface area contributed by atoms with Crippen molar-refractivity contribution in [2.45, 2.75) is 13.0 Å². The molecule has 1 fully saturated rings. The molecule has 1 N–H and O–H groups in total. The summed E-state index contributed by atoms with van der Waals surface area (Å²) in [5, 5.41) is 3.30. The second-order valence-electron chi connectivity index (χ2n) is 3.67. The Labute approximate surface area is 91.2 Å². The second-order valence-corrected chi connectivity index (χ2v) is 3.67. The molecule has 1 aliphatic rings. The lowest BCUT2D eigenvalue weighted by atomic mass is 10.1. The summed E-state index contributed by atoms with van der Waals surface area (Å²) in [6, 6.07) is 0.359. The zero-order valence-electron chi connectivity index (χ0n) is 9.20. The van der Waals surface area contributed by atoms with Crippen LogP contribution in [0.15, 0.2) is 37.0 Å². The maximum Gasteiger partial charge on any atom is 0.253 e. The van der Waals surface area contributed by atoms with Crippen LogP contribution in [-0.2, 0) is 4.79 Å². The average molecular weight is 206 g/mol. The van der Waals surface area contributed by atoms with Crippen molar-refractivity contribution in [2.75, 3.05) is 19.6 Å². The van der Waals surface area contributed by atoms with Gasteiger partial charge in [0, 0.05) is 31.2 Å². The standard InChI is InChI=1S/C12H18N2O/c1-4-6-11(5-2)12(15)14-8-7-13-10(3)9-14/h4-6,10,13H,1-2,7-9H2,3H3/b11-6+. The Morgan fingerprint density at radius 1 is 1.53 bits per heavy atom. The molecule has 0 aromatic rings. The fraction of sp³-hybridized carbons (Fsp3) is 0.417. The van der Waals surface area contributed by atoms with Crippen molar-refractivity contribution in [3.63, 3.8) is 0 Å². The Kier molecular flexibility index (Phi) is 4.31. The van der Waals surface area contributed by atoms with Crippen molar-refractivity contribution in [3.8, 4) is 0 Å². The number of carbonyl (C=O) groups is 1. The lowest BCUT2D eigenvalue weighted by molar-refractivity contribution is -0.127. The van der Waals surface area contributed by atoms with Crippen LogP contribution in [0.4, 0.5) is 0 Å². The molecule has 1 atom stereocenters. The Morgan fingerprint density at radius 3 is 2.80 bits per heavy atom. The molecule has 1 saturated heterocycles. The SMILES string of the molecule is C=C/C=C(\C=C)C(=O)N1CCNC(C)C1. The number of nitrogens with one attached hydrogen (secondary N) is 1. The highest BCUT2D eigenvalue weighted by Crippen LogP contribution is 2.07. The zero-order valence-corrected chi connectivity index (χ0v) is 9.20. The first-order valence-corrected chi connectivity index (χ1v) is 5.17. The molecule has 0 aromatic heterocycles. The fourth-order valence-corrected chi connectivity index (χ4v) is 1.65. The molecular formula is C12H18N2O. The molecule has 0 aliphatic carbocycles.